The molecule has 4 atom stereocenters. The van der Waals surface area contributed by atoms with Gasteiger partial charge in [-0.1, -0.05) is 4.68 Å². The Hall–Kier alpha value is -2.17. The van der Waals surface area contributed by atoms with Crippen LogP contribution in [0.4, 0.5) is 0 Å². The fraction of sp³-hybridized carbons (Fsp3) is 0.556. The van der Waals surface area contributed by atoms with Gasteiger partial charge in [-0.15, -0.1) is 5.53 Å². The molecule has 2 rings (SSSR count). The number of nitrogens with zero attached hydrogens (tertiary/aromatic N) is 5. The second-order valence-corrected chi connectivity index (χ2v) is 4.06. The van der Waals surface area contributed by atoms with E-state index in [0.717, 1.165) is 16.8 Å². The van der Waals surface area contributed by atoms with Crippen LogP contribution in [0.25, 0.3) is 10.4 Å². The van der Waals surface area contributed by atoms with Crippen LogP contribution in [0.3, 0.4) is 0 Å². The average molecular weight is 285 g/mol. The summed E-state index contributed by atoms with van der Waals surface area (Å²) in [5, 5.41) is 31.3. The number of rotatable bonds is 3. The van der Waals surface area contributed by atoms with Crippen LogP contribution in [-0.4, -0.2) is 49.5 Å². The monoisotopic (exact) mass is 285 g/mol. The van der Waals surface area contributed by atoms with Crippen molar-refractivity contribution in [3.8, 4) is 0 Å². The highest BCUT2D eigenvalue weighted by Crippen LogP contribution is 2.27. The van der Waals surface area contributed by atoms with E-state index in [4.69, 9.17) is 15.4 Å². The summed E-state index contributed by atoms with van der Waals surface area (Å²) < 4.78 is 6.17. The summed E-state index contributed by atoms with van der Waals surface area (Å²) in [6.45, 7) is -0.556. The zero-order chi connectivity index (χ0) is 14.9. The molecule has 20 heavy (non-hydrogen) atoms. The highest BCUT2D eigenvalue weighted by Gasteiger charge is 2.44. The topological polar surface area (TPSA) is 163 Å². The maximum Gasteiger partial charge on any atom is 0.428 e. The van der Waals surface area contributed by atoms with Crippen molar-refractivity contribution in [1.82, 2.24) is 9.24 Å². The van der Waals surface area contributed by atoms with Gasteiger partial charge in [0.2, 0.25) is 0 Å². The third kappa shape index (κ3) is 2.19. The summed E-state index contributed by atoms with van der Waals surface area (Å²) in [4.78, 5) is 25.6. The molecule has 108 valence electrons. The van der Waals surface area contributed by atoms with E-state index >= 15 is 0 Å². The average Bonchev–Trinajstić information content (AvgIpc) is 2.71. The van der Waals surface area contributed by atoms with Crippen LogP contribution in [0.2, 0.25) is 0 Å². The van der Waals surface area contributed by atoms with Crippen molar-refractivity contribution in [3.05, 3.63) is 43.5 Å². The van der Waals surface area contributed by atoms with Crippen molar-refractivity contribution in [3.63, 3.8) is 0 Å². The van der Waals surface area contributed by atoms with Crippen molar-refractivity contribution >= 4 is 0 Å². The normalized spacial score (nSPS) is 29.1. The maximum absolute atomic E-state index is 11.9. The molecule has 1 aromatic rings. The van der Waals surface area contributed by atoms with Gasteiger partial charge in [-0.25, -0.2) is 9.59 Å². The first kappa shape index (κ1) is 14.2. The predicted molar refractivity (Wildman–Crippen MR) is 62.5 cm³/mol. The van der Waals surface area contributed by atoms with Crippen LogP contribution < -0.4 is 11.2 Å². The largest absolute Gasteiger partial charge is 0.428 e. The molecule has 0 aliphatic carbocycles. The first-order valence-corrected chi connectivity index (χ1v) is 5.53. The number of azide groups is 1. The summed E-state index contributed by atoms with van der Waals surface area (Å²) in [6.07, 6.45) is -4.22. The van der Waals surface area contributed by atoms with Crippen LogP contribution in [0.1, 0.15) is 6.23 Å². The lowest BCUT2D eigenvalue weighted by Crippen LogP contribution is -2.41. The van der Waals surface area contributed by atoms with Crippen LogP contribution in [0, 0.1) is 0 Å². The van der Waals surface area contributed by atoms with Gasteiger partial charge in [-0.05, 0) is 5.22 Å². The molecule has 1 fully saturated rings. The minimum atomic E-state index is -1.48. The van der Waals surface area contributed by atoms with Crippen LogP contribution in [0.5, 0.6) is 0 Å². The van der Waals surface area contributed by atoms with Crippen molar-refractivity contribution in [2.75, 3.05) is 6.61 Å². The SMILES string of the molecule is [N-]=[N+]=Nn1c(=O)ccn([C@@H]2O[C@H](CO)[C@@H](O)[C@H]2O)c1=O. The zero-order valence-corrected chi connectivity index (χ0v) is 9.97. The zero-order valence-electron chi connectivity index (χ0n) is 9.97. The lowest BCUT2D eigenvalue weighted by molar-refractivity contribution is -0.0555. The number of aliphatic hydroxyl groups excluding tert-OH is 3. The number of ether oxygens (including phenoxy) is 1. The minimum absolute atomic E-state index is 0.245. The van der Waals surface area contributed by atoms with E-state index in [0.29, 0.717) is 0 Å². The molecule has 0 radical (unpaired) electrons. The fourth-order valence-corrected chi connectivity index (χ4v) is 1.91. The Kier molecular flexibility index (Phi) is 3.88. The molecule has 0 unspecified atom stereocenters. The van der Waals surface area contributed by atoms with Crippen molar-refractivity contribution < 1.29 is 20.1 Å². The summed E-state index contributed by atoms with van der Waals surface area (Å²) in [6, 6.07) is 0.935. The number of aliphatic hydroxyl groups is 3. The summed E-state index contributed by atoms with van der Waals surface area (Å²) in [7, 11) is 0. The molecule has 2 heterocycles. The maximum atomic E-state index is 11.9. The van der Waals surface area contributed by atoms with Crippen LogP contribution in [0.15, 0.2) is 27.1 Å². The summed E-state index contributed by atoms with van der Waals surface area (Å²) in [5.41, 5.74) is 6.41. The highest BCUT2D eigenvalue weighted by atomic mass is 16.6. The van der Waals surface area contributed by atoms with E-state index in [9.17, 15) is 19.8 Å². The van der Waals surface area contributed by atoms with Gasteiger partial charge in [0.1, 0.15) is 18.3 Å². The lowest BCUT2D eigenvalue weighted by Gasteiger charge is -2.16. The van der Waals surface area contributed by atoms with E-state index in [-0.39, 0.29) is 4.68 Å². The molecular formula is C9H11N5O6. The fourth-order valence-electron chi connectivity index (χ4n) is 1.91. The first-order valence-electron chi connectivity index (χ1n) is 5.53. The Morgan fingerprint density at radius 3 is 2.65 bits per heavy atom. The molecule has 0 bridgehead atoms. The van der Waals surface area contributed by atoms with Crippen molar-refractivity contribution in [2.45, 2.75) is 24.5 Å². The number of aromatic nitrogens is 2. The molecule has 0 aromatic carbocycles. The minimum Gasteiger partial charge on any atom is -0.394 e. The molecular weight excluding hydrogens is 274 g/mol. The molecule has 0 amide bonds. The van der Waals surface area contributed by atoms with Gasteiger partial charge in [0.05, 0.1) is 6.61 Å². The molecule has 0 spiro atoms. The van der Waals surface area contributed by atoms with Gasteiger partial charge in [-0.2, -0.15) is 4.91 Å². The van der Waals surface area contributed by atoms with E-state index < -0.39 is 42.4 Å². The van der Waals surface area contributed by atoms with E-state index in [1.54, 1.807) is 0 Å². The quantitative estimate of drug-likeness (QED) is 0.321. The number of hydrogen-bond donors (Lipinski definition) is 3. The molecule has 1 aliphatic heterocycles. The third-order valence-corrected chi connectivity index (χ3v) is 2.91. The van der Waals surface area contributed by atoms with Crippen molar-refractivity contribution in [2.24, 2.45) is 5.22 Å². The Morgan fingerprint density at radius 1 is 1.40 bits per heavy atom. The second kappa shape index (κ2) is 5.45. The Balaban J connectivity index is 2.50. The molecule has 3 N–H and O–H groups in total. The Morgan fingerprint density at radius 2 is 2.10 bits per heavy atom. The molecule has 1 aromatic heterocycles. The smallest absolute Gasteiger partial charge is 0.394 e. The summed E-state index contributed by atoms with van der Waals surface area (Å²) >= 11 is 0. The Labute approximate surface area is 110 Å². The lowest BCUT2D eigenvalue weighted by atomic mass is 10.1. The van der Waals surface area contributed by atoms with Gasteiger partial charge in [0, 0.05) is 12.3 Å². The predicted octanol–water partition coefficient (Wildman–Crippen LogP) is -2.31. The van der Waals surface area contributed by atoms with E-state index in [1.807, 2.05) is 0 Å². The molecule has 0 saturated carbocycles. The number of hydrogen-bond acceptors (Lipinski definition) is 7. The standard InChI is InChI=1S/C9H11N5O6/c10-11-12-14-5(16)1-2-13(9(14)19)8-7(18)6(17)4(3-15)20-8/h1-2,4,6-8,15,17-18H,3H2/t4-,6-,7-,8-/m1/s1. The summed E-state index contributed by atoms with van der Waals surface area (Å²) in [5.74, 6) is 0. The second-order valence-electron chi connectivity index (χ2n) is 4.06. The molecule has 1 saturated heterocycles. The Bertz CT molecular complexity index is 662. The molecule has 11 nitrogen and oxygen atoms in total. The highest BCUT2D eigenvalue weighted by molar-refractivity contribution is 4.94. The van der Waals surface area contributed by atoms with Crippen LogP contribution in [-0.2, 0) is 4.74 Å². The van der Waals surface area contributed by atoms with Gasteiger partial charge >= 0.3 is 11.2 Å². The van der Waals surface area contributed by atoms with Gasteiger partial charge in [-0.3, -0.25) is 4.57 Å². The molecule has 11 heteroatoms. The first-order chi connectivity index (χ1) is 9.51. The van der Waals surface area contributed by atoms with Gasteiger partial charge in [0.15, 0.2) is 6.23 Å². The van der Waals surface area contributed by atoms with Crippen LogP contribution >= 0.6 is 0 Å². The third-order valence-electron chi connectivity index (χ3n) is 2.91. The van der Waals surface area contributed by atoms with Gasteiger partial charge < -0.3 is 20.1 Å². The van der Waals surface area contributed by atoms with E-state index in [1.165, 1.54) is 0 Å². The van der Waals surface area contributed by atoms with Crippen molar-refractivity contribution in [1.29, 1.82) is 0 Å². The van der Waals surface area contributed by atoms with E-state index in [2.05, 4.69) is 10.1 Å². The van der Waals surface area contributed by atoms with Gasteiger partial charge in [0.25, 0.3) is 0 Å². The molecule has 1 aliphatic rings.